The maximum absolute atomic E-state index is 6.00. The van der Waals surface area contributed by atoms with Crippen LogP contribution in [0, 0.1) is 0 Å². The zero-order chi connectivity index (χ0) is 16.2. The number of anilines is 2. The number of nitrogens with one attached hydrogen (secondary N) is 1. The lowest BCUT2D eigenvalue weighted by Crippen LogP contribution is -2.33. The molecule has 1 aromatic heterocycles. The van der Waals surface area contributed by atoms with Crippen molar-refractivity contribution in [2.24, 2.45) is 5.73 Å². The van der Waals surface area contributed by atoms with Gasteiger partial charge < -0.3 is 16.0 Å². The Labute approximate surface area is 138 Å². The molecule has 1 saturated carbocycles. The fourth-order valence-electron chi connectivity index (χ4n) is 3.33. The Morgan fingerprint density at radius 1 is 1.09 bits per heavy atom. The Hall–Kier alpha value is -1.88. The predicted molar refractivity (Wildman–Crippen MR) is 97.0 cm³/mol. The third kappa shape index (κ3) is 3.55. The molecule has 3 N–H and O–H groups in total. The van der Waals surface area contributed by atoms with Crippen LogP contribution in [0.3, 0.4) is 0 Å². The molecular formula is C18H27N5. The van der Waals surface area contributed by atoms with Crippen LogP contribution in [0.25, 0.3) is 10.9 Å². The number of fused-ring (bicyclic) bond motifs is 1. The lowest BCUT2D eigenvalue weighted by atomic mass is 9.92. The van der Waals surface area contributed by atoms with Gasteiger partial charge >= 0.3 is 0 Å². The van der Waals surface area contributed by atoms with Crippen molar-refractivity contribution in [3.8, 4) is 0 Å². The number of para-hydroxylation sites is 1. The molecule has 0 aliphatic heterocycles. The van der Waals surface area contributed by atoms with E-state index >= 15 is 0 Å². The summed E-state index contributed by atoms with van der Waals surface area (Å²) < 4.78 is 0. The molecule has 0 saturated heterocycles. The molecule has 1 fully saturated rings. The molecule has 0 bridgehead atoms. The lowest BCUT2D eigenvalue weighted by Gasteiger charge is -2.28. The van der Waals surface area contributed by atoms with Gasteiger partial charge in [-0.1, -0.05) is 12.1 Å². The van der Waals surface area contributed by atoms with Crippen LogP contribution in [0.2, 0.25) is 0 Å². The Morgan fingerprint density at radius 3 is 2.48 bits per heavy atom. The van der Waals surface area contributed by atoms with Crippen molar-refractivity contribution in [3.05, 3.63) is 24.3 Å². The van der Waals surface area contributed by atoms with Crippen molar-refractivity contribution in [2.75, 3.05) is 23.3 Å². The monoisotopic (exact) mass is 313 g/mol. The molecule has 3 rings (SSSR count). The SMILES string of the molecule is CCN(CC)c1nc(N[C@H]2CC[C@@H](N)CC2)nc2ccccc12. The van der Waals surface area contributed by atoms with Gasteiger partial charge in [0.05, 0.1) is 5.52 Å². The van der Waals surface area contributed by atoms with E-state index in [4.69, 9.17) is 15.7 Å². The van der Waals surface area contributed by atoms with E-state index < -0.39 is 0 Å². The third-order valence-electron chi connectivity index (χ3n) is 4.75. The van der Waals surface area contributed by atoms with Crippen LogP contribution < -0.4 is 16.0 Å². The minimum absolute atomic E-state index is 0.358. The van der Waals surface area contributed by atoms with Gasteiger partial charge in [-0.2, -0.15) is 4.98 Å². The first-order valence-electron chi connectivity index (χ1n) is 8.75. The summed E-state index contributed by atoms with van der Waals surface area (Å²) in [6, 6.07) is 9.04. The number of aromatic nitrogens is 2. The Morgan fingerprint density at radius 2 is 1.78 bits per heavy atom. The number of nitrogens with zero attached hydrogens (tertiary/aromatic N) is 3. The molecule has 1 heterocycles. The first kappa shape index (κ1) is 16.0. The van der Waals surface area contributed by atoms with E-state index in [-0.39, 0.29) is 0 Å². The normalized spacial score (nSPS) is 21.3. The van der Waals surface area contributed by atoms with Crippen molar-refractivity contribution < 1.29 is 0 Å². The van der Waals surface area contributed by atoms with E-state index in [2.05, 4.69) is 36.2 Å². The second kappa shape index (κ2) is 7.13. The average Bonchev–Trinajstić information content (AvgIpc) is 2.58. The minimum Gasteiger partial charge on any atom is -0.356 e. The topological polar surface area (TPSA) is 67.1 Å². The van der Waals surface area contributed by atoms with Crippen LogP contribution in [0.5, 0.6) is 0 Å². The van der Waals surface area contributed by atoms with E-state index in [1.807, 2.05) is 12.1 Å². The molecule has 23 heavy (non-hydrogen) atoms. The fraction of sp³-hybridized carbons (Fsp3) is 0.556. The first-order valence-corrected chi connectivity index (χ1v) is 8.75. The quantitative estimate of drug-likeness (QED) is 0.887. The average molecular weight is 313 g/mol. The van der Waals surface area contributed by atoms with Crippen molar-refractivity contribution in [2.45, 2.75) is 51.6 Å². The van der Waals surface area contributed by atoms with Gasteiger partial charge in [0.1, 0.15) is 5.82 Å². The molecule has 1 aromatic carbocycles. The summed E-state index contributed by atoms with van der Waals surface area (Å²) in [6.07, 6.45) is 4.35. The number of hydrogen-bond donors (Lipinski definition) is 2. The molecule has 0 spiro atoms. The van der Waals surface area contributed by atoms with Gasteiger partial charge in [0.15, 0.2) is 0 Å². The molecule has 0 amide bonds. The number of hydrogen-bond acceptors (Lipinski definition) is 5. The maximum atomic E-state index is 6.00. The van der Waals surface area contributed by atoms with Crippen LogP contribution in [0.4, 0.5) is 11.8 Å². The summed E-state index contributed by atoms with van der Waals surface area (Å²) in [4.78, 5) is 11.8. The molecule has 1 aliphatic carbocycles. The molecule has 0 radical (unpaired) electrons. The fourth-order valence-corrected chi connectivity index (χ4v) is 3.33. The predicted octanol–water partition coefficient (Wildman–Crippen LogP) is 3.16. The summed E-state index contributed by atoms with van der Waals surface area (Å²) in [6.45, 7) is 6.20. The zero-order valence-corrected chi connectivity index (χ0v) is 14.1. The molecule has 5 nitrogen and oxygen atoms in total. The maximum Gasteiger partial charge on any atom is 0.225 e. The second-order valence-corrected chi connectivity index (χ2v) is 6.32. The van der Waals surface area contributed by atoms with Gasteiger partial charge in [0.25, 0.3) is 0 Å². The van der Waals surface area contributed by atoms with Gasteiger partial charge in [0, 0.05) is 30.6 Å². The molecule has 124 valence electrons. The summed E-state index contributed by atoms with van der Waals surface area (Å²) in [7, 11) is 0. The largest absolute Gasteiger partial charge is 0.356 e. The summed E-state index contributed by atoms with van der Waals surface area (Å²) >= 11 is 0. The first-order chi connectivity index (χ1) is 11.2. The van der Waals surface area contributed by atoms with Crippen molar-refractivity contribution in [1.29, 1.82) is 0 Å². The van der Waals surface area contributed by atoms with Crippen molar-refractivity contribution >= 4 is 22.7 Å². The van der Waals surface area contributed by atoms with E-state index in [1.54, 1.807) is 0 Å². The molecule has 0 atom stereocenters. The number of nitrogens with two attached hydrogens (primary N) is 1. The molecule has 1 aliphatic rings. The lowest BCUT2D eigenvalue weighted by molar-refractivity contribution is 0.410. The summed E-state index contributed by atoms with van der Waals surface area (Å²) in [5.41, 5.74) is 7.00. The van der Waals surface area contributed by atoms with Crippen molar-refractivity contribution in [1.82, 2.24) is 9.97 Å². The molecular weight excluding hydrogens is 286 g/mol. The van der Waals surface area contributed by atoms with E-state index in [1.165, 1.54) is 0 Å². The van der Waals surface area contributed by atoms with Crippen LogP contribution in [-0.2, 0) is 0 Å². The Bertz CT molecular complexity index is 645. The molecule has 2 aromatic rings. The molecule has 5 heteroatoms. The van der Waals surface area contributed by atoms with Gasteiger partial charge in [-0.15, -0.1) is 0 Å². The highest BCUT2D eigenvalue weighted by Crippen LogP contribution is 2.27. The highest BCUT2D eigenvalue weighted by atomic mass is 15.2. The molecule has 0 unspecified atom stereocenters. The smallest absolute Gasteiger partial charge is 0.225 e. The van der Waals surface area contributed by atoms with Gasteiger partial charge in [-0.25, -0.2) is 4.98 Å². The van der Waals surface area contributed by atoms with E-state index in [9.17, 15) is 0 Å². The minimum atomic E-state index is 0.358. The Balaban J connectivity index is 1.91. The van der Waals surface area contributed by atoms with Gasteiger partial charge in [0.2, 0.25) is 5.95 Å². The van der Waals surface area contributed by atoms with Gasteiger partial charge in [-0.05, 0) is 51.7 Å². The third-order valence-corrected chi connectivity index (χ3v) is 4.75. The van der Waals surface area contributed by atoms with E-state index in [0.29, 0.717) is 12.1 Å². The van der Waals surface area contributed by atoms with Crippen LogP contribution in [-0.4, -0.2) is 35.1 Å². The summed E-state index contributed by atoms with van der Waals surface area (Å²) in [5.74, 6) is 1.77. The van der Waals surface area contributed by atoms with Crippen LogP contribution in [0.1, 0.15) is 39.5 Å². The standard InChI is InChI=1S/C18H27N5/c1-3-23(4-2)17-15-7-5-6-8-16(15)21-18(22-17)20-14-11-9-13(19)10-12-14/h5-8,13-14H,3-4,9-12,19H2,1-2H3,(H,20,21,22)/t13-,14+. The van der Waals surface area contributed by atoms with Crippen LogP contribution in [0.15, 0.2) is 24.3 Å². The van der Waals surface area contributed by atoms with E-state index in [0.717, 1.165) is 61.4 Å². The zero-order valence-electron chi connectivity index (χ0n) is 14.1. The number of benzene rings is 1. The summed E-state index contributed by atoms with van der Waals surface area (Å²) in [5, 5.41) is 4.65. The number of rotatable bonds is 5. The Kier molecular flexibility index (Phi) is 4.96. The second-order valence-electron chi connectivity index (χ2n) is 6.32. The highest BCUT2D eigenvalue weighted by molar-refractivity contribution is 5.90. The van der Waals surface area contributed by atoms with Gasteiger partial charge in [-0.3, -0.25) is 0 Å². The highest BCUT2D eigenvalue weighted by Gasteiger charge is 2.20. The van der Waals surface area contributed by atoms with Crippen LogP contribution >= 0.6 is 0 Å². The van der Waals surface area contributed by atoms with Crippen molar-refractivity contribution in [3.63, 3.8) is 0 Å².